The second kappa shape index (κ2) is 7.11. The van der Waals surface area contributed by atoms with Crippen LogP contribution < -0.4 is 5.32 Å². The van der Waals surface area contributed by atoms with Gasteiger partial charge in [0.25, 0.3) is 5.91 Å². The molecule has 124 valence electrons. The molecular formula is C17H15Cl2N3O2. The zero-order valence-electron chi connectivity index (χ0n) is 12.9. The highest BCUT2D eigenvalue weighted by molar-refractivity contribution is 6.42. The predicted octanol–water partition coefficient (Wildman–Crippen LogP) is 4.26. The Balaban J connectivity index is 1.58. The number of halogens is 2. The quantitative estimate of drug-likeness (QED) is 0.711. The van der Waals surface area contributed by atoms with Crippen LogP contribution in [0, 0.1) is 6.92 Å². The van der Waals surface area contributed by atoms with Crippen molar-refractivity contribution in [2.45, 2.75) is 13.3 Å². The number of furan rings is 1. The van der Waals surface area contributed by atoms with Gasteiger partial charge in [0.05, 0.1) is 16.2 Å². The van der Waals surface area contributed by atoms with Crippen LogP contribution in [0.3, 0.4) is 0 Å². The second-order valence-corrected chi connectivity index (χ2v) is 6.10. The van der Waals surface area contributed by atoms with Gasteiger partial charge in [-0.3, -0.25) is 4.79 Å². The molecule has 0 aliphatic carbocycles. The maximum absolute atomic E-state index is 11.9. The van der Waals surface area contributed by atoms with Crippen LogP contribution in [0.5, 0.6) is 0 Å². The van der Waals surface area contributed by atoms with E-state index >= 15 is 0 Å². The summed E-state index contributed by atoms with van der Waals surface area (Å²) >= 11 is 11.9. The lowest BCUT2D eigenvalue weighted by Gasteiger charge is -2.02. The van der Waals surface area contributed by atoms with Gasteiger partial charge in [-0.15, -0.1) is 0 Å². The zero-order chi connectivity index (χ0) is 17.1. The molecule has 5 nitrogen and oxygen atoms in total. The van der Waals surface area contributed by atoms with Gasteiger partial charge >= 0.3 is 0 Å². The minimum atomic E-state index is -0.188. The number of nitrogens with one attached hydrogen (secondary N) is 2. The Morgan fingerprint density at radius 3 is 2.79 bits per heavy atom. The minimum Gasteiger partial charge on any atom is -0.461 e. The molecule has 0 saturated carbocycles. The SMILES string of the molecule is Cc1ncc(C(=O)NCCc2ccc(-c3ccc(Cl)c(Cl)c3)o2)[nH]1. The van der Waals surface area contributed by atoms with E-state index < -0.39 is 0 Å². The van der Waals surface area contributed by atoms with Crippen molar-refractivity contribution < 1.29 is 9.21 Å². The highest BCUT2D eigenvalue weighted by Crippen LogP contribution is 2.29. The Bertz CT molecular complexity index is 870. The molecule has 3 rings (SSSR count). The van der Waals surface area contributed by atoms with Gasteiger partial charge in [0.2, 0.25) is 0 Å². The molecule has 0 atom stereocenters. The van der Waals surface area contributed by atoms with Gasteiger partial charge in [-0.25, -0.2) is 4.98 Å². The number of H-pyrrole nitrogens is 1. The van der Waals surface area contributed by atoms with E-state index in [2.05, 4.69) is 15.3 Å². The normalized spacial score (nSPS) is 10.8. The molecule has 0 aliphatic heterocycles. The highest BCUT2D eigenvalue weighted by atomic mass is 35.5. The van der Waals surface area contributed by atoms with Crippen LogP contribution in [0.2, 0.25) is 10.0 Å². The lowest BCUT2D eigenvalue weighted by atomic mass is 10.2. The maximum Gasteiger partial charge on any atom is 0.269 e. The van der Waals surface area contributed by atoms with Crippen molar-refractivity contribution >= 4 is 29.1 Å². The molecule has 24 heavy (non-hydrogen) atoms. The van der Waals surface area contributed by atoms with Crippen LogP contribution in [0.4, 0.5) is 0 Å². The van der Waals surface area contributed by atoms with Crippen molar-refractivity contribution in [3.05, 3.63) is 63.9 Å². The zero-order valence-corrected chi connectivity index (χ0v) is 14.4. The Hall–Kier alpha value is -2.24. The minimum absolute atomic E-state index is 0.188. The summed E-state index contributed by atoms with van der Waals surface area (Å²) in [5.74, 6) is 2.00. The monoisotopic (exact) mass is 363 g/mol. The van der Waals surface area contributed by atoms with Crippen LogP contribution in [-0.4, -0.2) is 22.4 Å². The molecule has 2 heterocycles. The molecule has 2 aromatic heterocycles. The lowest BCUT2D eigenvalue weighted by Crippen LogP contribution is -2.25. The largest absolute Gasteiger partial charge is 0.461 e. The van der Waals surface area contributed by atoms with Crippen LogP contribution in [0.25, 0.3) is 11.3 Å². The van der Waals surface area contributed by atoms with Gasteiger partial charge in [0.1, 0.15) is 23.0 Å². The molecule has 0 unspecified atom stereocenters. The number of rotatable bonds is 5. The number of hydrogen-bond acceptors (Lipinski definition) is 3. The number of carbonyl (C=O) groups excluding carboxylic acids is 1. The number of carbonyl (C=O) groups is 1. The summed E-state index contributed by atoms with van der Waals surface area (Å²) in [6, 6.07) is 9.08. The van der Waals surface area contributed by atoms with Crippen molar-refractivity contribution in [1.82, 2.24) is 15.3 Å². The summed E-state index contributed by atoms with van der Waals surface area (Å²) in [7, 11) is 0. The van der Waals surface area contributed by atoms with Crippen molar-refractivity contribution in [3.63, 3.8) is 0 Å². The van der Waals surface area contributed by atoms with E-state index in [0.29, 0.717) is 40.3 Å². The molecule has 2 N–H and O–H groups in total. The van der Waals surface area contributed by atoms with Gasteiger partial charge in [-0.1, -0.05) is 23.2 Å². The van der Waals surface area contributed by atoms with Crippen molar-refractivity contribution in [2.24, 2.45) is 0 Å². The first-order chi connectivity index (χ1) is 11.5. The third kappa shape index (κ3) is 3.80. The summed E-state index contributed by atoms with van der Waals surface area (Å²) in [4.78, 5) is 18.8. The van der Waals surface area contributed by atoms with Crippen LogP contribution in [0.15, 0.2) is 40.9 Å². The fraction of sp³-hybridized carbons (Fsp3) is 0.176. The first-order valence-electron chi connectivity index (χ1n) is 7.37. The molecule has 7 heteroatoms. The van der Waals surface area contributed by atoms with Gasteiger partial charge in [0, 0.05) is 18.5 Å². The van der Waals surface area contributed by atoms with Crippen molar-refractivity contribution in [1.29, 1.82) is 0 Å². The van der Waals surface area contributed by atoms with E-state index in [0.717, 1.165) is 11.3 Å². The molecule has 0 radical (unpaired) electrons. The van der Waals surface area contributed by atoms with Crippen LogP contribution >= 0.6 is 23.2 Å². The average Bonchev–Trinajstić information content (AvgIpc) is 3.19. The van der Waals surface area contributed by atoms with Crippen LogP contribution in [0.1, 0.15) is 22.1 Å². The Kier molecular flexibility index (Phi) is 4.92. The Morgan fingerprint density at radius 1 is 1.25 bits per heavy atom. The molecule has 3 aromatic rings. The van der Waals surface area contributed by atoms with Crippen LogP contribution in [-0.2, 0) is 6.42 Å². The third-order valence-corrected chi connectivity index (χ3v) is 4.21. The number of hydrogen-bond donors (Lipinski definition) is 2. The summed E-state index contributed by atoms with van der Waals surface area (Å²) in [5, 5.41) is 3.80. The summed E-state index contributed by atoms with van der Waals surface area (Å²) in [6.45, 7) is 2.26. The van der Waals surface area contributed by atoms with Gasteiger partial charge < -0.3 is 14.7 Å². The fourth-order valence-corrected chi connectivity index (χ4v) is 2.55. The molecule has 0 bridgehead atoms. The first-order valence-corrected chi connectivity index (χ1v) is 8.12. The Labute approximate surface area is 149 Å². The van der Waals surface area contributed by atoms with Gasteiger partial charge in [0.15, 0.2) is 0 Å². The lowest BCUT2D eigenvalue weighted by molar-refractivity contribution is 0.0949. The molecule has 0 spiro atoms. The van der Waals surface area contributed by atoms with Crippen molar-refractivity contribution in [2.75, 3.05) is 6.54 Å². The summed E-state index contributed by atoms with van der Waals surface area (Å²) < 4.78 is 5.78. The Morgan fingerprint density at radius 2 is 2.08 bits per heavy atom. The number of aryl methyl sites for hydroxylation is 1. The highest BCUT2D eigenvalue weighted by Gasteiger charge is 2.10. The van der Waals surface area contributed by atoms with E-state index in [1.165, 1.54) is 6.20 Å². The molecule has 0 saturated heterocycles. The predicted molar refractivity (Wildman–Crippen MR) is 93.5 cm³/mol. The van der Waals surface area contributed by atoms with Crippen molar-refractivity contribution in [3.8, 4) is 11.3 Å². The fourth-order valence-electron chi connectivity index (χ4n) is 2.25. The number of amides is 1. The van der Waals surface area contributed by atoms with E-state index in [1.54, 1.807) is 19.1 Å². The standard InChI is InChI=1S/C17H15Cl2N3O2/c1-10-21-9-15(22-10)17(23)20-7-6-12-3-5-16(24-12)11-2-4-13(18)14(19)8-11/h2-5,8-9H,6-7H2,1H3,(H,20,23)(H,21,22). The number of imidazole rings is 1. The van der Waals surface area contributed by atoms with E-state index in [4.69, 9.17) is 27.6 Å². The number of benzene rings is 1. The number of aromatic amines is 1. The van der Waals surface area contributed by atoms with Gasteiger partial charge in [-0.2, -0.15) is 0 Å². The summed E-state index contributed by atoms with van der Waals surface area (Å²) in [5.41, 5.74) is 1.30. The first kappa shape index (κ1) is 16.6. The summed E-state index contributed by atoms with van der Waals surface area (Å²) in [6.07, 6.45) is 2.10. The average molecular weight is 364 g/mol. The third-order valence-electron chi connectivity index (χ3n) is 3.47. The molecule has 1 aromatic carbocycles. The van der Waals surface area contributed by atoms with E-state index in [1.807, 2.05) is 18.2 Å². The van der Waals surface area contributed by atoms with E-state index in [9.17, 15) is 4.79 Å². The molecule has 0 aliphatic rings. The topological polar surface area (TPSA) is 70.9 Å². The maximum atomic E-state index is 11.9. The number of nitrogens with zero attached hydrogens (tertiary/aromatic N) is 1. The molecule has 1 amide bonds. The smallest absolute Gasteiger partial charge is 0.269 e. The van der Waals surface area contributed by atoms with E-state index in [-0.39, 0.29) is 5.91 Å². The second-order valence-electron chi connectivity index (χ2n) is 5.28. The van der Waals surface area contributed by atoms with Gasteiger partial charge in [-0.05, 0) is 37.3 Å². The molecule has 0 fully saturated rings. The number of aromatic nitrogens is 2. The molecular weight excluding hydrogens is 349 g/mol.